The van der Waals surface area contributed by atoms with E-state index in [0.717, 1.165) is 12.4 Å². The van der Waals surface area contributed by atoms with Crippen molar-refractivity contribution in [2.45, 2.75) is 46.1 Å². The van der Waals surface area contributed by atoms with Gasteiger partial charge in [-0.3, -0.25) is 4.79 Å². The van der Waals surface area contributed by atoms with Gasteiger partial charge in [-0.25, -0.2) is 9.67 Å². The third-order valence-electron chi connectivity index (χ3n) is 4.34. The van der Waals surface area contributed by atoms with Crippen molar-refractivity contribution in [3.8, 4) is 0 Å². The van der Waals surface area contributed by atoms with Crippen LogP contribution in [-0.2, 0) is 17.8 Å². The summed E-state index contributed by atoms with van der Waals surface area (Å²) >= 11 is 0. The van der Waals surface area contributed by atoms with Crippen molar-refractivity contribution in [3.63, 3.8) is 0 Å². The molecule has 2 aliphatic rings. The lowest BCUT2D eigenvalue weighted by Gasteiger charge is -2.08. The molecule has 0 radical (unpaired) electrons. The summed E-state index contributed by atoms with van der Waals surface area (Å²) in [4.78, 5) is 16.5. The van der Waals surface area contributed by atoms with Gasteiger partial charge in [-0.1, -0.05) is 20.3 Å². The van der Waals surface area contributed by atoms with Crippen molar-refractivity contribution in [1.29, 1.82) is 0 Å². The van der Waals surface area contributed by atoms with Crippen molar-refractivity contribution >= 4 is 5.78 Å². The highest BCUT2D eigenvalue weighted by atomic mass is 16.1. The molecule has 98 valence electrons. The molecule has 0 N–H and O–H groups in total. The smallest absolute Gasteiger partial charge is 0.144 e. The summed E-state index contributed by atoms with van der Waals surface area (Å²) in [5.41, 5.74) is 0. The third-order valence-corrected chi connectivity index (χ3v) is 4.34. The van der Waals surface area contributed by atoms with E-state index >= 15 is 0 Å². The molecule has 0 saturated heterocycles. The number of hydrogen-bond acceptors (Lipinski definition) is 3. The highest BCUT2D eigenvalue weighted by Gasteiger charge is 2.55. The first-order valence-electron chi connectivity index (χ1n) is 7.06. The van der Waals surface area contributed by atoms with Gasteiger partial charge in [0, 0.05) is 12.5 Å². The van der Waals surface area contributed by atoms with Crippen LogP contribution in [0.25, 0.3) is 0 Å². The molecule has 0 spiro atoms. The van der Waals surface area contributed by atoms with Crippen molar-refractivity contribution < 1.29 is 4.79 Å². The largest absolute Gasteiger partial charge is 0.299 e. The Balaban J connectivity index is 1.62. The SMILES string of the molecule is CC(C)Cn1ncnc1CC(=O)C1C2CCCC21. The number of fused-ring (bicyclic) bond motifs is 1. The summed E-state index contributed by atoms with van der Waals surface area (Å²) in [5.74, 6) is 3.53. The minimum Gasteiger partial charge on any atom is -0.299 e. The van der Waals surface area contributed by atoms with Gasteiger partial charge in [0.05, 0.1) is 6.42 Å². The van der Waals surface area contributed by atoms with Crippen molar-refractivity contribution in [2.24, 2.45) is 23.7 Å². The maximum atomic E-state index is 12.2. The van der Waals surface area contributed by atoms with Gasteiger partial charge in [0.1, 0.15) is 17.9 Å². The molecule has 4 nitrogen and oxygen atoms in total. The lowest BCUT2D eigenvalue weighted by molar-refractivity contribution is -0.120. The van der Waals surface area contributed by atoms with Gasteiger partial charge >= 0.3 is 0 Å². The van der Waals surface area contributed by atoms with E-state index in [1.54, 1.807) is 6.33 Å². The summed E-state index contributed by atoms with van der Waals surface area (Å²) in [6.07, 6.45) is 5.89. The highest BCUT2D eigenvalue weighted by molar-refractivity contribution is 5.86. The predicted molar refractivity (Wildman–Crippen MR) is 67.9 cm³/mol. The zero-order valence-electron chi connectivity index (χ0n) is 11.2. The van der Waals surface area contributed by atoms with Gasteiger partial charge in [0.25, 0.3) is 0 Å². The number of ketones is 1. The van der Waals surface area contributed by atoms with Gasteiger partial charge in [-0.05, 0) is 30.6 Å². The molecule has 3 rings (SSSR count). The monoisotopic (exact) mass is 247 g/mol. The lowest BCUT2D eigenvalue weighted by atomic mass is 10.1. The van der Waals surface area contributed by atoms with Gasteiger partial charge in [-0.15, -0.1) is 0 Å². The van der Waals surface area contributed by atoms with Gasteiger partial charge in [0.15, 0.2) is 0 Å². The molecule has 1 aromatic rings. The molecular weight excluding hydrogens is 226 g/mol. The quantitative estimate of drug-likeness (QED) is 0.800. The normalized spacial score (nSPS) is 29.6. The fourth-order valence-corrected chi connectivity index (χ4v) is 3.50. The first-order valence-corrected chi connectivity index (χ1v) is 7.06. The number of carbonyl (C=O) groups is 1. The van der Waals surface area contributed by atoms with Crippen LogP contribution in [0.15, 0.2) is 6.33 Å². The van der Waals surface area contributed by atoms with E-state index in [4.69, 9.17) is 0 Å². The molecule has 4 heteroatoms. The third kappa shape index (κ3) is 2.08. The van der Waals surface area contributed by atoms with Crippen LogP contribution in [0, 0.1) is 23.7 Å². The average Bonchev–Trinajstić information content (AvgIpc) is 2.67. The van der Waals surface area contributed by atoms with Crippen LogP contribution >= 0.6 is 0 Å². The van der Waals surface area contributed by atoms with E-state index in [0.29, 0.717) is 35.9 Å². The van der Waals surface area contributed by atoms with Crippen LogP contribution in [-0.4, -0.2) is 20.5 Å². The number of rotatable bonds is 5. The molecule has 2 fully saturated rings. The van der Waals surface area contributed by atoms with E-state index in [9.17, 15) is 4.79 Å². The second-order valence-electron chi connectivity index (χ2n) is 6.18. The molecule has 18 heavy (non-hydrogen) atoms. The van der Waals surface area contributed by atoms with Crippen LogP contribution in [0.4, 0.5) is 0 Å². The molecule has 2 saturated carbocycles. The lowest BCUT2D eigenvalue weighted by Crippen LogP contribution is -2.16. The standard InChI is InChI=1S/C14H21N3O/c1-9(2)7-17-13(15-8-16-17)6-12(18)14-10-4-3-5-11(10)14/h8-11,14H,3-7H2,1-2H3. The first kappa shape index (κ1) is 11.9. The van der Waals surface area contributed by atoms with Crippen LogP contribution in [0.2, 0.25) is 0 Å². The molecule has 2 aliphatic carbocycles. The van der Waals surface area contributed by atoms with Crippen molar-refractivity contribution in [3.05, 3.63) is 12.2 Å². The van der Waals surface area contributed by atoms with Crippen molar-refractivity contribution in [2.75, 3.05) is 0 Å². The van der Waals surface area contributed by atoms with Crippen LogP contribution < -0.4 is 0 Å². The second-order valence-corrected chi connectivity index (χ2v) is 6.18. The molecule has 1 heterocycles. The summed E-state index contributed by atoms with van der Waals surface area (Å²) in [7, 11) is 0. The molecule has 0 aromatic carbocycles. The minimum absolute atomic E-state index is 0.350. The molecule has 0 aliphatic heterocycles. The number of aromatic nitrogens is 3. The zero-order chi connectivity index (χ0) is 12.7. The van der Waals surface area contributed by atoms with Crippen LogP contribution in [0.1, 0.15) is 38.9 Å². The maximum absolute atomic E-state index is 12.2. The van der Waals surface area contributed by atoms with Crippen molar-refractivity contribution in [1.82, 2.24) is 14.8 Å². The topological polar surface area (TPSA) is 47.8 Å². The van der Waals surface area contributed by atoms with Gasteiger partial charge in [-0.2, -0.15) is 5.10 Å². The maximum Gasteiger partial charge on any atom is 0.144 e. The van der Waals surface area contributed by atoms with Gasteiger partial charge < -0.3 is 0 Å². The Morgan fingerprint density at radius 2 is 2.17 bits per heavy atom. The summed E-state index contributed by atoms with van der Waals surface area (Å²) in [6, 6.07) is 0. The van der Waals surface area contributed by atoms with Crippen LogP contribution in [0.3, 0.4) is 0 Å². The minimum atomic E-state index is 0.350. The molecule has 2 atom stereocenters. The van der Waals surface area contributed by atoms with Crippen LogP contribution in [0.5, 0.6) is 0 Å². The Morgan fingerprint density at radius 1 is 1.44 bits per heavy atom. The number of carbonyl (C=O) groups excluding carboxylic acids is 1. The summed E-state index contributed by atoms with van der Waals surface area (Å²) in [5, 5.41) is 4.21. The Labute approximate surface area is 108 Å². The Kier molecular flexibility index (Phi) is 2.96. The number of hydrogen-bond donors (Lipinski definition) is 0. The van der Waals surface area contributed by atoms with E-state index in [1.807, 2.05) is 4.68 Å². The second kappa shape index (κ2) is 4.48. The molecule has 2 unspecified atom stereocenters. The summed E-state index contributed by atoms with van der Waals surface area (Å²) < 4.78 is 1.89. The van der Waals surface area contributed by atoms with E-state index in [2.05, 4.69) is 23.9 Å². The van der Waals surface area contributed by atoms with E-state index in [-0.39, 0.29) is 0 Å². The zero-order valence-corrected chi connectivity index (χ0v) is 11.2. The van der Waals surface area contributed by atoms with Gasteiger partial charge in [0.2, 0.25) is 0 Å². The highest BCUT2D eigenvalue weighted by Crippen LogP contribution is 2.58. The average molecular weight is 247 g/mol. The molecular formula is C14H21N3O. The Morgan fingerprint density at radius 3 is 2.83 bits per heavy atom. The summed E-state index contributed by atoms with van der Waals surface area (Å²) in [6.45, 7) is 5.15. The fourth-order valence-electron chi connectivity index (χ4n) is 3.50. The molecule has 0 bridgehead atoms. The van der Waals surface area contributed by atoms with E-state index in [1.165, 1.54) is 19.3 Å². The molecule has 1 aromatic heterocycles. The molecule has 0 amide bonds. The number of nitrogens with zero attached hydrogens (tertiary/aromatic N) is 3. The predicted octanol–water partition coefficient (Wildman–Crippen LogP) is 2.09. The number of Topliss-reactive ketones (excluding diaryl/α,β-unsaturated/α-hetero) is 1. The van der Waals surface area contributed by atoms with E-state index < -0.39 is 0 Å². The first-order chi connectivity index (χ1) is 8.66. The Bertz CT molecular complexity index is 442. The Hall–Kier alpha value is -1.19. The fraction of sp³-hybridized carbons (Fsp3) is 0.786.